The Hall–Kier alpha value is -2.45. The van der Waals surface area contributed by atoms with Gasteiger partial charge < -0.3 is 8.94 Å². The van der Waals surface area contributed by atoms with E-state index in [-0.39, 0.29) is 0 Å². The Morgan fingerprint density at radius 2 is 2.00 bits per heavy atom. The van der Waals surface area contributed by atoms with Gasteiger partial charge in [-0.05, 0) is 30.0 Å². The summed E-state index contributed by atoms with van der Waals surface area (Å²) < 4.78 is 11.0. The minimum atomic E-state index is 0.482. The fourth-order valence-electron chi connectivity index (χ4n) is 2.13. The zero-order valence-electron chi connectivity index (χ0n) is 12.7. The molecule has 0 N–H and O–H groups in total. The normalized spacial score (nSPS) is 11.0. The molecule has 0 saturated carbocycles. The Bertz CT molecular complexity index is 947. The molecule has 6 nitrogen and oxygen atoms in total. The SMILES string of the molecule is Cc1ccccc1-c1nnc(SCc2noc(-c3cccs3)n2)o1. The summed E-state index contributed by atoms with van der Waals surface area (Å²) in [5, 5.41) is 14.6. The van der Waals surface area contributed by atoms with Crippen molar-refractivity contribution in [3.63, 3.8) is 0 Å². The van der Waals surface area contributed by atoms with Gasteiger partial charge in [-0.3, -0.25) is 0 Å². The molecule has 24 heavy (non-hydrogen) atoms. The van der Waals surface area contributed by atoms with Crippen molar-refractivity contribution in [1.29, 1.82) is 0 Å². The van der Waals surface area contributed by atoms with E-state index in [2.05, 4.69) is 20.3 Å². The number of aromatic nitrogens is 4. The van der Waals surface area contributed by atoms with Crippen molar-refractivity contribution in [3.8, 4) is 22.2 Å². The van der Waals surface area contributed by atoms with Crippen molar-refractivity contribution in [2.45, 2.75) is 17.9 Å². The maximum absolute atomic E-state index is 5.71. The van der Waals surface area contributed by atoms with E-state index in [1.165, 1.54) is 11.8 Å². The second kappa shape index (κ2) is 6.58. The van der Waals surface area contributed by atoms with Crippen LogP contribution in [0.5, 0.6) is 0 Å². The number of hydrogen-bond donors (Lipinski definition) is 0. The summed E-state index contributed by atoms with van der Waals surface area (Å²) in [6.07, 6.45) is 0. The zero-order chi connectivity index (χ0) is 16.4. The Morgan fingerprint density at radius 1 is 1.08 bits per heavy atom. The first kappa shape index (κ1) is 15.1. The van der Waals surface area contributed by atoms with Crippen molar-refractivity contribution < 1.29 is 8.94 Å². The highest BCUT2D eigenvalue weighted by molar-refractivity contribution is 7.98. The van der Waals surface area contributed by atoms with Gasteiger partial charge in [0.25, 0.3) is 11.1 Å². The number of aryl methyl sites for hydroxylation is 1. The van der Waals surface area contributed by atoms with E-state index < -0.39 is 0 Å². The molecule has 4 aromatic rings. The Balaban J connectivity index is 1.45. The number of nitrogens with zero attached hydrogens (tertiary/aromatic N) is 4. The molecule has 0 aliphatic carbocycles. The lowest BCUT2D eigenvalue weighted by Gasteiger charge is -1.98. The molecule has 120 valence electrons. The van der Waals surface area contributed by atoms with Gasteiger partial charge >= 0.3 is 0 Å². The highest BCUT2D eigenvalue weighted by Gasteiger charge is 2.14. The van der Waals surface area contributed by atoms with Crippen molar-refractivity contribution >= 4 is 23.1 Å². The molecule has 0 unspecified atom stereocenters. The molecular formula is C16H12N4O2S2. The van der Waals surface area contributed by atoms with Crippen molar-refractivity contribution in [1.82, 2.24) is 20.3 Å². The molecule has 0 radical (unpaired) electrons. The average Bonchev–Trinajstić information content (AvgIpc) is 3.34. The molecule has 0 bridgehead atoms. The third-order valence-electron chi connectivity index (χ3n) is 3.31. The summed E-state index contributed by atoms with van der Waals surface area (Å²) in [4.78, 5) is 5.33. The van der Waals surface area contributed by atoms with Crippen LogP contribution in [0.3, 0.4) is 0 Å². The molecule has 0 spiro atoms. The van der Waals surface area contributed by atoms with Gasteiger partial charge in [0.2, 0.25) is 5.89 Å². The molecule has 4 rings (SSSR count). The largest absolute Gasteiger partial charge is 0.411 e. The molecule has 3 aromatic heterocycles. The molecule has 0 saturated heterocycles. The van der Waals surface area contributed by atoms with Crippen LogP contribution in [-0.4, -0.2) is 20.3 Å². The van der Waals surface area contributed by atoms with E-state index in [1.807, 2.05) is 48.7 Å². The van der Waals surface area contributed by atoms with Gasteiger partial charge in [-0.15, -0.1) is 21.5 Å². The predicted octanol–water partition coefficient (Wildman–Crippen LogP) is 4.45. The fraction of sp³-hybridized carbons (Fsp3) is 0.125. The lowest BCUT2D eigenvalue weighted by Crippen LogP contribution is -1.83. The first-order valence-electron chi connectivity index (χ1n) is 7.18. The fourth-order valence-corrected chi connectivity index (χ4v) is 3.38. The molecule has 0 aliphatic rings. The summed E-state index contributed by atoms with van der Waals surface area (Å²) in [5.74, 6) is 2.15. The third kappa shape index (κ3) is 3.10. The number of thiophene rings is 1. The molecular weight excluding hydrogens is 344 g/mol. The van der Waals surface area contributed by atoms with Crippen LogP contribution in [0.4, 0.5) is 0 Å². The standard InChI is InChI=1S/C16H12N4O2S2/c1-10-5-2-3-6-11(10)14-18-19-16(21-14)24-9-13-17-15(22-20-13)12-7-4-8-23-12/h2-8H,9H2,1H3. The molecule has 3 heterocycles. The van der Waals surface area contributed by atoms with E-state index in [0.717, 1.165) is 16.0 Å². The second-order valence-electron chi connectivity index (χ2n) is 4.97. The molecule has 0 amide bonds. The maximum Gasteiger partial charge on any atom is 0.277 e. The van der Waals surface area contributed by atoms with E-state index in [0.29, 0.717) is 28.6 Å². The topological polar surface area (TPSA) is 77.8 Å². The monoisotopic (exact) mass is 356 g/mol. The lowest BCUT2D eigenvalue weighted by molar-refractivity contribution is 0.425. The van der Waals surface area contributed by atoms with Gasteiger partial charge in [0.05, 0.1) is 10.6 Å². The van der Waals surface area contributed by atoms with Crippen LogP contribution in [0, 0.1) is 6.92 Å². The van der Waals surface area contributed by atoms with Crippen LogP contribution in [0.1, 0.15) is 11.4 Å². The van der Waals surface area contributed by atoms with Crippen LogP contribution >= 0.6 is 23.1 Å². The third-order valence-corrected chi connectivity index (χ3v) is 4.98. The van der Waals surface area contributed by atoms with Gasteiger partial charge in [-0.1, -0.05) is 41.2 Å². The Morgan fingerprint density at radius 3 is 2.83 bits per heavy atom. The minimum Gasteiger partial charge on any atom is -0.411 e. The van der Waals surface area contributed by atoms with Gasteiger partial charge in [-0.25, -0.2) is 0 Å². The molecule has 0 aliphatic heterocycles. The van der Waals surface area contributed by atoms with E-state index >= 15 is 0 Å². The summed E-state index contributed by atoms with van der Waals surface area (Å²) >= 11 is 2.95. The van der Waals surface area contributed by atoms with E-state index in [4.69, 9.17) is 8.94 Å². The van der Waals surface area contributed by atoms with Gasteiger partial charge in [0.1, 0.15) is 0 Å². The smallest absolute Gasteiger partial charge is 0.277 e. The molecule has 0 fully saturated rings. The van der Waals surface area contributed by atoms with Crippen LogP contribution in [0.2, 0.25) is 0 Å². The highest BCUT2D eigenvalue weighted by atomic mass is 32.2. The predicted molar refractivity (Wildman–Crippen MR) is 91.6 cm³/mol. The number of thioether (sulfide) groups is 1. The van der Waals surface area contributed by atoms with Crippen LogP contribution in [0.25, 0.3) is 22.2 Å². The number of benzene rings is 1. The second-order valence-corrected chi connectivity index (χ2v) is 6.84. The van der Waals surface area contributed by atoms with E-state index in [9.17, 15) is 0 Å². The van der Waals surface area contributed by atoms with Crippen molar-refractivity contribution in [2.75, 3.05) is 0 Å². The first-order chi connectivity index (χ1) is 11.8. The highest BCUT2D eigenvalue weighted by Crippen LogP contribution is 2.28. The molecule has 8 heteroatoms. The van der Waals surface area contributed by atoms with Crippen molar-refractivity contribution in [2.24, 2.45) is 0 Å². The van der Waals surface area contributed by atoms with Gasteiger partial charge in [0.15, 0.2) is 5.82 Å². The summed E-state index contributed by atoms with van der Waals surface area (Å²) in [6.45, 7) is 2.01. The molecule has 0 atom stereocenters. The van der Waals surface area contributed by atoms with Crippen LogP contribution in [0.15, 0.2) is 55.9 Å². The Kier molecular flexibility index (Phi) is 4.14. The van der Waals surface area contributed by atoms with E-state index in [1.54, 1.807) is 11.3 Å². The number of rotatable bonds is 5. The zero-order valence-corrected chi connectivity index (χ0v) is 14.3. The summed E-state index contributed by atoms with van der Waals surface area (Å²) in [7, 11) is 0. The summed E-state index contributed by atoms with van der Waals surface area (Å²) in [6, 6.07) is 11.8. The average molecular weight is 356 g/mol. The summed E-state index contributed by atoms with van der Waals surface area (Å²) in [5.41, 5.74) is 2.04. The van der Waals surface area contributed by atoms with Crippen molar-refractivity contribution in [3.05, 3.63) is 53.2 Å². The minimum absolute atomic E-state index is 0.482. The number of hydrogen-bond acceptors (Lipinski definition) is 8. The van der Waals surface area contributed by atoms with Gasteiger partial charge in [-0.2, -0.15) is 4.98 Å². The quantitative estimate of drug-likeness (QED) is 0.489. The first-order valence-corrected chi connectivity index (χ1v) is 9.05. The van der Waals surface area contributed by atoms with Crippen LogP contribution in [-0.2, 0) is 5.75 Å². The Labute approximate surface area is 145 Å². The van der Waals surface area contributed by atoms with Crippen LogP contribution < -0.4 is 0 Å². The lowest BCUT2D eigenvalue weighted by atomic mass is 10.1. The maximum atomic E-state index is 5.71. The van der Waals surface area contributed by atoms with Gasteiger partial charge in [0, 0.05) is 5.56 Å². The molecule has 1 aromatic carbocycles.